The first-order chi connectivity index (χ1) is 5.42. The van der Waals surface area contributed by atoms with E-state index in [1.54, 1.807) is 0 Å². The highest BCUT2D eigenvalue weighted by Crippen LogP contribution is 2.48. The normalized spacial score (nSPS) is 51.0. The maximum absolute atomic E-state index is 9.97. The zero-order valence-corrected chi connectivity index (χ0v) is 8.13. The molecular formula is C10H18O2. The Kier molecular flexibility index (Phi) is 1.59. The highest BCUT2D eigenvalue weighted by atomic mass is 16.5. The maximum atomic E-state index is 9.97. The molecule has 2 rings (SSSR count). The molecule has 1 saturated carbocycles. The van der Waals surface area contributed by atoms with Crippen LogP contribution in [0.15, 0.2) is 0 Å². The van der Waals surface area contributed by atoms with E-state index in [0.29, 0.717) is 5.92 Å². The molecule has 1 N–H and O–H groups in total. The molecule has 0 amide bonds. The summed E-state index contributed by atoms with van der Waals surface area (Å²) < 4.78 is 5.84. The van der Waals surface area contributed by atoms with E-state index in [1.807, 2.05) is 6.92 Å². The lowest BCUT2D eigenvalue weighted by molar-refractivity contribution is -0.112. The Labute approximate surface area is 73.9 Å². The summed E-state index contributed by atoms with van der Waals surface area (Å²) in [6.45, 7) is 6.17. The van der Waals surface area contributed by atoms with Gasteiger partial charge in [0.05, 0.1) is 17.3 Å². The number of rotatable bonds is 0. The number of hydrogen-bond donors (Lipinski definition) is 1. The molecule has 1 heterocycles. The molecule has 2 nitrogen and oxygen atoms in total. The van der Waals surface area contributed by atoms with E-state index in [1.165, 1.54) is 0 Å². The van der Waals surface area contributed by atoms with Crippen molar-refractivity contribution in [3.63, 3.8) is 0 Å². The molecule has 0 unspecified atom stereocenters. The van der Waals surface area contributed by atoms with E-state index in [0.717, 1.165) is 19.3 Å². The molecule has 2 bridgehead atoms. The lowest BCUT2D eigenvalue weighted by atomic mass is 9.75. The van der Waals surface area contributed by atoms with Gasteiger partial charge < -0.3 is 9.84 Å². The Morgan fingerprint density at radius 3 is 2.58 bits per heavy atom. The van der Waals surface area contributed by atoms with Crippen molar-refractivity contribution in [2.75, 3.05) is 0 Å². The van der Waals surface area contributed by atoms with Crippen LogP contribution in [-0.2, 0) is 4.74 Å². The third kappa shape index (κ3) is 1.09. The highest BCUT2D eigenvalue weighted by Gasteiger charge is 2.52. The minimum Gasteiger partial charge on any atom is -0.387 e. The minimum atomic E-state index is -0.579. The van der Waals surface area contributed by atoms with Crippen LogP contribution in [-0.4, -0.2) is 22.4 Å². The van der Waals surface area contributed by atoms with Crippen LogP contribution in [0.25, 0.3) is 0 Å². The van der Waals surface area contributed by atoms with Crippen LogP contribution in [0.3, 0.4) is 0 Å². The Bertz CT molecular complexity index is 194. The van der Waals surface area contributed by atoms with Crippen molar-refractivity contribution >= 4 is 0 Å². The summed E-state index contributed by atoms with van der Waals surface area (Å²) in [6, 6.07) is 0. The molecule has 2 heteroatoms. The summed E-state index contributed by atoms with van der Waals surface area (Å²) in [5, 5.41) is 9.97. The predicted octanol–water partition coefficient (Wildman–Crippen LogP) is 1.71. The van der Waals surface area contributed by atoms with Crippen LogP contribution in [0, 0.1) is 5.92 Å². The van der Waals surface area contributed by atoms with E-state index >= 15 is 0 Å². The summed E-state index contributed by atoms with van der Waals surface area (Å²) >= 11 is 0. The maximum Gasteiger partial charge on any atom is 0.0880 e. The second kappa shape index (κ2) is 2.24. The summed E-state index contributed by atoms with van der Waals surface area (Å²) in [7, 11) is 0. The molecule has 2 aliphatic rings. The van der Waals surface area contributed by atoms with Gasteiger partial charge in [-0.1, -0.05) is 0 Å². The molecular weight excluding hydrogens is 152 g/mol. The smallest absolute Gasteiger partial charge is 0.0880 e. The van der Waals surface area contributed by atoms with E-state index < -0.39 is 5.60 Å². The summed E-state index contributed by atoms with van der Waals surface area (Å²) in [6.07, 6.45) is 3.12. The Balaban J connectivity index is 2.21. The summed E-state index contributed by atoms with van der Waals surface area (Å²) in [5.74, 6) is 0.655. The van der Waals surface area contributed by atoms with Gasteiger partial charge in [0, 0.05) is 0 Å². The first-order valence-electron chi connectivity index (χ1n) is 4.82. The molecule has 0 aromatic carbocycles. The minimum absolute atomic E-state index is 0.00877. The predicted molar refractivity (Wildman–Crippen MR) is 46.9 cm³/mol. The Morgan fingerprint density at radius 1 is 1.33 bits per heavy atom. The van der Waals surface area contributed by atoms with Crippen LogP contribution < -0.4 is 0 Å². The average molecular weight is 170 g/mol. The van der Waals surface area contributed by atoms with E-state index in [4.69, 9.17) is 4.74 Å². The van der Waals surface area contributed by atoms with Crippen molar-refractivity contribution < 1.29 is 9.84 Å². The van der Waals surface area contributed by atoms with E-state index in [2.05, 4.69) is 13.8 Å². The lowest BCUT2D eigenvalue weighted by Crippen LogP contribution is -2.41. The topological polar surface area (TPSA) is 29.5 Å². The third-order valence-corrected chi connectivity index (χ3v) is 3.62. The number of ether oxygens (including phenoxy) is 1. The molecule has 1 saturated heterocycles. The lowest BCUT2D eigenvalue weighted by Gasteiger charge is -2.32. The molecule has 0 aromatic rings. The van der Waals surface area contributed by atoms with Gasteiger partial charge in [0.25, 0.3) is 0 Å². The summed E-state index contributed by atoms with van der Waals surface area (Å²) in [5.41, 5.74) is -0.588. The fourth-order valence-electron chi connectivity index (χ4n) is 2.53. The molecule has 70 valence electrons. The van der Waals surface area contributed by atoms with Crippen molar-refractivity contribution in [1.29, 1.82) is 0 Å². The van der Waals surface area contributed by atoms with Crippen LogP contribution in [0.4, 0.5) is 0 Å². The zero-order valence-electron chi connectivity index (χ0n) is 8.13. The van der Waals surface area contributed by atoms with Crippen molar-refractivity contribution in [3.8, 4) is 0 Å². The van der Waals surface area contributed by atoms with Crippen molar-refractivity contribution in [1.82, 2.24) is 0 Å². The molecule has 2 fully saturated rings. The second-order valence-corrected chi connectivity index (χ2v) is 5.04. The van der Waals surface area contributed by atoms with Crippen LogP contribution >= 0.6 is 0 Å². The SMILES string of the molecule is CC1(C)O[C@@H]2C[C@H]1CC[C@@]2(C)O. The third-order valence-electron chi connectivity index (χ3n) is 3.62. The fraction of sp³-hybridized carbons (Fsp3) is 1.00. The molecule has 0 spiro atoms. The van der Waals surface area contributed by atoms with Crippen molar-refractivity contribution in [3.05, 3.63) is 0 Å². The summed E-state index contributed by atoms with van der Waals surface area (Å²) in [4.78, 5) is 0. The van der Waals surface area contributed by atoms with Gasteiger partial charge in [-0.2, -0.15) is 0 Å². The van der Waals surface area contributed by atoms with Gasteiger partial charge in [-0.3, -0.25) is 0 Å². The Morgan fingerprint density at radius 2 is 2.00 bits per heavy atom. The first kappa shape index (κ1) is 8.52. The number of hydrogen-bond acceptors (Lipinski definition) is 2. The van der Waals surface area contributed by atoms with Gasteiger partial charge >= 0.3 is 0 Å². The van der Waals surface area contributed by atoms with Gasteiger partial charge in [-0.15, -0.1) is 0 Å². The van der Waals surface area contributed by atoms with Gasteiger partial charge in [-0.25, -0.2) is 0 Å². The second-order valence-electron chi connectivity index (χ2n) is 5.04. The van der Waals surface area contributed by atoms with Gasteiger partial charge in [0.1, 0.15) is 0 Å². The van der Waals surface area contributed by atoms with Gasteiger partial charge in [0.2, 0.25) is 0 Å². The average Bonchev–Trinajstić information content (AvgIpc) is 2.17. The van der Waals surface area contributed by atoms with Crippen LogP contribution in [0.2, 0.25) is 0 Å². The zero-order chi connectivity index (χ0) is 8.98. The monoisotopic (exact) mass is 170 g/mol. The Hall–Kier alpha value is -0.0800. The van der Waals surface area contributed by atoms with E-state index in [9.17, 15) is 5.11 Å². The van der Waals surface area contributed by atoms with Crippen LogP contribution in [0.1, 0.15) is 40.0 Å². The van der Waals surface area contributed by atoms with Gasteiger partial charge in [-0.05, 0) is 46.0 Å². The quantitative estimate of drug-likeness (QED) is 0.599. The van der Waals surface area contributed by atoms with Gasteiger partial charge in [0.15, 0.2) is 0 Å². The number of fused-ring (bicyclic) bond motifs is 2. The molecule has 0 aromatic heterocycles. The van der Waals surface area contributed by atoms with Crippen molar-refractivity contribution in [2.24, 2.45) is 5.92 Å². The van der Waals surface area contributed by atoms with E-state index in [-0.39, 0.29) is 11.7 Å². The standard InChI is InChI=1S/C10H18O2/c1-9(2)7-4-5-10(3,11)8(6-7)12-9/h7-8,11H,4-6H2,1-3H3/t7-,8-,10-/m1/s1. The fourth-order valence-corrected chi connectivity index (χ4v) is 2.53. The highest BCUT2D eigenvalue weighted by molar-refractivity contribution is 5.01. The number of aliphatic hydroxyl groups is 1. The van der Waals surface area contributed by atoms with Crippen LogP contribution in [0.5, 0.6) is 0 Å². The first-order valence-corrected chi connectivity index (χ1v) is 4.82. The molecule has 3 atom stereocenters. The molecule has 1 aliphatic carbocycles. The molecule has 12 heavy (non-hydrogen) atoms. The molecule has 1 aliphatic heterocycles. The largest absolute Gasteiger partial charge is 0.387 e. The molecule has 0 radical (unpaired) electrons. The van der Waals surface area contributed by atoms with Crippen molar-refractivity contribution in [2.45, 2.75) is 57.3 Å².